The van der Waals surface area contributed by atoms with Gasteiger partial charge in [0.1, 0.15) is 5.01 Å². The van der Waals surface area contributed by atoms with Crippen LogP contribution in [0.5, 0.6) is 0 Å². The number of nitrogens with zero attached hydrogens (tertiary/aromatic N) is 2. The highest BCUT2D eigenvalue weighted by molar-refractivity contribution is 7.87. The largest absolute Gasteiger partial charge is 0.466 e. The van der Waals surface area contributed by atoms with Crippen molar-refractivity contribution in [2.24, 2.45) is 0 Å². The van der Waals surface area contributed by atoms with Gasteiger partial charge in [0.15, 0.2) is 0 Å². The number of ether oxygens (including phenoxy) is 1. The van der Waals surface area contributed by atoms with Crippen molar-refractivity contribution in [1.29, 1.82) is 0 Å². The predicted molar refractivity (Wildman–Crippen MR) is 81.1 cm³/mol. The summed E-state index contributed by atoms with van der Waals surface area (Å²) in [4.78, 5) is 15.5. The number of nitrogens with one attached hydrogen (secondary N) is 1. The van der Waals surface area contributed by atoms with E-state index in [-0.39, 0.29) is 25.0 Å². The van der Waals surface area contributed by atoms with Crippen LogP contribution in [0.15, 0.2) is 5.38 Å². The molecule has 1 aromatic heterocycles. The highest BCUT2D eigenvalue weighted by Crippen LogP contribution is 2.11. The van der Waals surface area contributed by atoms with Gasteiger partial charge in [-0.2, -0.15) is 17.4 Å². The summed E-state index contributed by atoms with van der Waals surface area (Å²) in [5.74, 6) is -0.338. The first-order valence-corrected chi connectivity index (χ1v) is 8.89. The molecule has 0 unspecified atom stereocenters. The summed E-state index contributed by atoms with van der Waals surface area (Å²) in [5, 5.41) is 2.34. The van der Waals surface area contributed by atoms with Gasteiger partial charge in [0.05, 0.1) is 25.3 Å². The normalized spacial score (nSPS) is 12.1. The number of carbonyl (C=O) groups excluding carboxylic acids is 1. The second kappa shape index (κ2) is 7.83. The molecule has 0 bridgehead atoms. The lowest BCUT2D eigenvalue weighted by Gasteiger charge is -2.20. The fourth-order valence-electron chi connectivity index (χ4n) is 1.40. The van der Waals surface area contributed by atoms with Gasteiger partial charge in [-0.3, -0.25) is 4.79 Å². The SMILES string of the molecule is CCOC(=O)Cc1csc(CNS(=O)(=O)N(C)C(C)C)n1. The Morgan fingerprint density at radius 1 is 1.52 bits per heavy atom. The van der Waals surface area contributed by atoms with E-state index in [1.54, 1.807) is 26.2 Å². The maximum absolute atomic E-state index is 11.9. The van der Waals surface area contributed by atoms with E-state index in [0.29, 0.717) is 17.3 Å². The van der Waals surface area contributed by atoms with Gasteiger partial charge in [0.2, 0.25) is 0 Å². The quantitative estimate of drug-likeness (QED) is 0.714. The molecule has 9 heteroatoms. The van der Waals surface area contributed by atoms with Gasteiger partial charge < -0.3 is 4.74 Å². The van der Waals surface area contributed by atoms with E-state index in [1.165, 1.54) is 22.7 Å². The van der Waals surface area contributed by atoms with Gasteiger partial charge >= 0.3 is 5.97 Å². The summed E-state index contributed by atoms with van der Waals surface area (Å²) >= 11 is 1.31. The first-order chi connectivity index (χ1) is 9.76. The van der Waals surface area contributed by atoms with Crippen LogP contribution >= 0.6 is 11.3 Å². The molecule has 0 radical (unpaired) electrons. The van der Waals surface area contributed by atoms with E-state index >= 15 is 0 Å². The van der Waals surface area contributed by atoms with E-state index in [4.69, 9.17) is 4.74 Å². The molecule has 0 saturated heterocycles. The zero-order chi connectivity index (χ0) is 16.0. The molecule has 0 spiro atoms. The lowest BCUT2D eigenvalue weighted by Crippen LogP contribution is -2.41. The topological polar surface area (TPSA) is 88.6 Å². The second-order valence-electron chi connectivity index (χ2n) is 4.65. The molecular weight excluding hydrogens is 314 g/mol. The lowest BCUT2D eigenvalue weighted by atomic mass is 10.3. The number of esters is 1. The van der Waals surface area contributed by atoms with Crippen molar-refractivity contribution < 1.29 is 17.9 Å². The predicted octanol–water partition coefficient (Wildman–Crippen LogP) is 0.923. The monoisotopic (exact) mass is 335 g/mol. The Morgan fingerprint density at radius 3 is 2.76 bits per heavy atom. The fraction of sp³-hybridized carbons (Fsp3) is 0.667. The molecule has 1 rings (SSSR count). The summed E-state index contributed by atoms with van der Waals surface area (Å²) in [6, 6.07) is -0.127. The van der Waals surface area contributed by atoms with Crippen LogP contribution in [0.1, 0.15) is 31.5 Å². The summed E-state index contributed by atoms with van der Waals surface area (Å²) in [6.07, 6.45) is 0.100. The minimum atomic E-state index is -3.52. The zero-order valence-electron chi connectivity index (χ0n) is 12.6. The molecule has 0 aliphatic heterocycles. The Labute approximate surface area is 129 Å². The zero-order valence-corrected chi connectivity index (χ0v) is 14.3. The second-order valence-corrected chi connectivity index (χ2v) is 7.41. The van der Waals surface area contributed by atoms with Crippen LogP contribution in [-0.2, 0) is 32.7 Å². The number of rotatable bonds is 8. The third kappa shape index (κ3) is 5.70. The molecule has 1 aromatic rings. The molecule has 0 amide bonds. The number of aromatic nitrogens is 1. The Kier molecular flexibility index (Phi) is 6.72. The molecule has 7 nitrogen and oxygen atoms in total. The molecule has 0 aromatic carbocycles. The highest BCUT2D eigenvalue weighted by atomic mass is 32.2. The van der Waals surface area contributed by atoms with E-state index < -0.39 is 10.2 Å². The van der Waals surface area contributed by atoms with E-state index in [0.717, 1.165) is 0 Å². The summed E-state index contributed by atoms with van der Waals surface area (Å²) in [6.45, 7) is 5.76. The summed E-state index contributed by atoms with van der Waals surface area (Å²) in [7, 11) is -2.01. The van der Waals surface area contributed by atoms with E-state index in [2.05, 4.69) is 9.71 Å². The van der Waals surface area contributed by atoms with Gasteiger partial charge in [-0.25, -0.2) is 4.98 Å². The third-order valence-electron chi connectivity index (χ3n) is 2.74. The number of hydrogen-bond acceptors (Lipinski definition) is 6. The molecule has 0 aliphatic rings. The van der Waals surface area contributed by atoms with Crippen molar-refractivity contribution in [1.82, 2.24) is 14.0 Å². The van der Waals surface area contributed by atoms with Crippen molar-refractivity contribution in [3.63, 3.8) is 0 Å². The molecule has 0 fully saturated rings. The number of hydrogen-bond donors (Lipinski definition) is 1. The molecule has 0 atom stereocenters. The average molecular weight is 335 g/mol. The Morgan fingerprint density at radius 2 is 2.19 bits per heavy atom. The highest BCUT2D eigenvalue weighted by Gasteiger charge is 2.20. The Balaban J connectivity index is 2.58. The molecule has 1 heterocycles. The third-order valence-corrected chi connectivity index (χ3v) is 5.33. The smallest absolute Gasteiger partial charge is 0.311 e. The van der Waals surface area contributed by atoms with Crippen LogP contribution in [0.3, 0.4) is 0 Å². The minimum absolute atomic E-state index is 0.100. The Bertz CT molecular complexity index is 569. The molecule has 120 valence electrons. The first kappa shape index (κ1) is 18.0. The van der Waals surface area contributed by atoms with Gasteiger partial charge in [-0.15, -0.1) is 11.3 Å². The lowest BCUT2D eigenvalue weighted by molar-refractivity contribution is -0.142. The van der Waals surface area contributed by atoms with Gasteiger partial charge in [0, 0.05) is 18.5 Å². The maximum Gasteiger partial charge on any atom is 0.311 e. The van der Waals surface area contributed by atoms with Crippen LogP contribution in [0.4, 0.5) is 0 Å². The van der Waals surface area contributed by atoms with Crippen molar-refractivity contribution >= 4 is 27.5 Å². The van der Waals surface area contributed by atoms with Crippen LogP contribution in [0.2, 0.25) is 0 Å². The van der Waals surface area contributed by atoms with Crippen molar-refractivity contribution in [3.8, 4) is 0 Å². The maximum atomic E-state index is 11.9. The van der Waals surface area contributed by atoms with Crippen LogP contribution in [-0.4, -0.2) is 43.4 Å². The molecule has 21 heavy (non-hydrogen) atoms. The van der Waals surface area contributed by atoms with Crippen LogP contribution < -0.4 is 4.72 Å². The van der Waals surface area contributed by atoms with Crippen molar-refractivity contribution in [2.45, 2.75) is 39.8 Å². The molecule has 1 N–H and O–H groups in total. The number of carbonyl (C=O) groups is 1. The van der Waals surface area contributed by atoms with Crippen molar-refractivity contribution in [2.75, 3.05) is 13.7 Å². The van der Waals surface area contributed by atoms with E-state index in [1.807, 2.05) is 0 Å². The first-order valence-electron chi connectivity index (χ1n) is 6.57. The van der Waals surface area contributed by atoms with Crippen LogP contribution in [0.25, 0.3) is 0 Å². The average Bonchev–Trinajstić information content (AvgIpc) is 2.83. The van der Waals surface area contributed by atoms with Gasteiger partial charge in [0.25, 0.3) is 10.2 Å². The van der Waals surface area contributed by atoms with Crippen molar-refractivity contribution in [3.05, 3.63) is 16.1 Å². The number of thiazole rings is 1. The fourth-order valence-corrected chi connectivity index (χ4v) is 3.31. The molecule has 0 aliphatic carbocycles. The summed E-state index contributed by atoms with van der Waals surface area (Å²) < 4.78 is 32.4. The molecular formula is C12H21N3O4S2. The minimum Gasteiger partial charge on any atom is -0.466 e. The summed E-state index contributed by atoms with van der Waals surface area (Å²) in [5.41, 5.74) is 0.588. The van der Waals surface area contributed by atoms with Gasteiger partial charge in [-0.05, 0) is 20.8 Å². The Hall–Kier alpha value is -1.03. The van der Waals surface area contributed by atoms with Gasteiger partial charge in [-0.1, -0.05) is 0 Å². The standard InChI is InChI=1S/C12H21N3O4S2/c1-5-19-12(16)6-10-8-20-11(14-10)7-13-21(17,18)15(4)9(2)3/h8-9,13H,5-7H2,1-4H3. The molecule has 0 saturated carbocycles. The van der Waals surface area contributed by atoms with E-state index in [9.17, 15) is 13.2 Å². The van der Waals surface area contributed by atoms with Crippen LogP contribution in [0, 0.1) is 0 Å².